The number of hydrogen-bond donors (Lipinski definition) is 0. The Morgan fingerprint density at radius 3 is 1.96 bits per heavy atom. The van der Waals surface area contributed by atoms with Crippen LogP contribution in [0.3, 0.4) is 0 Å². The highest BCUT2D eigenvalue weighted by Gasteiger charge is 2.39. The molecule has 8 rings (SSSR count). The van der Waals surface area contributed by atoms with Crippen molar-refractivity contribution in [3.8, 4) is 11.4 Å². The molecule has 1 aliphatic rings. The molecular formula is C42H37N5O. The molecule has 2 aromatic heterocycles. The van der Waals surface area contributed by atoms with Gasteiger partial charge in [0.25, 0.3) is 0 Å². The van der Waals surface area contributed by atoms with Gasteiger partial charge < -0.3 is 4.74 Å². The summed E-state index contributed by atoms with van der Waals surface area (Å²) < 4.78 is 10.3. The molecule has 0 saturated carbocycles. The lowest BCUT2D eigenvalue weighted by molar-refractivity contribution is -0.0367. The molecule has 236 valence electrons. The molecule has 6 heteroatoms. The first kappa shape index (κ1) is 29.8. The van der Waals surface area contributed by atoms with Crippen LogP contribution in [0.1, 0.15) is 59.0 Å². The summed E-state index contributed by atoms with van der Waals surface area (Å²) in [4.78, 5) is 4.95. The van der Waals surface area contributed by atoms with Gasteiger partial charge >= 0.3 is 0 Å². The summed E-state index contributed by atoms with van der Waals surface area (Å²) in [6.45, 7) is 2.86. The van der Waals surface area contributed by atoms with Crippen LogP contribution in [0, 0.1) is 6.92 Å². The van der Waals surface area contributed by atoms with Crippen molar-refractivity contribution in [3.05, 3.63) is 173 Å². The van der Waals surface area contributed by atoms with Crippen molar-refractivity contribution in [2.45, 2.75) is 38.0 Å². The van der Waals surface area contributed by atoms with Crippen molar-refractivity contribution in [1.29, 1.82) is 0 Å². The molecule has 6 nitrogen and oxygen atoms in total. The Bertz CT molecular complexity index is 2060. The molecule has 0 spiro atoms. The van der Waals surface area contributed by atoms with Gasteiger partial charge in [-0.2, -0.15) is 5.10 Å². The van der Waals surface area contributed by atoms with Crippen LogP contribution in [-0.2, 0) is 10.3 Å². The van der Waals surface area contributed by atoms with Gasteiger partial charge in [-0.1, -0.05) is 127 Å². The fraction of sp³-hybridized carbons (Fsp3) is 0.167. The third kappa shape index (κ3) is 5.44. The van der Waals surface area contributed by atoms with Crippen LogP contribution >= 0.6 is 0 Å². The van der Waals surface area contributed by atoms with E-state index < -0.39 is 5.54 Å². The normalized spacial score (nSPS) is 15.3. The molecule has 1 atom stereocenters. The van der Waals surface area contributed by atoms with E-state index >= 15 is 0 Å². The summed E-state index contributed by atoms with van der Waals surface area (Å²) in [5, 5.41) is 11.4. The monoisotopic (exact) mass is 627 g/mol. The maximum Gasteiger partial charge on any atom is 0.181 e. The minimum absolute atomic E-state index is 0.0748. The number of hydrogen-bond acceptors (Lipinski definition) is 4. The van der Waals surface area contributed by atoms with Gasteiger partial charge in [0, 0.05) is 17.6 Å². The number of aryl methyl sites for hydroxylation is 1. The predicted molar refractivity (Wildman–Crippen MR) is 192 cm³/mol. The number of aromatic nitrogens is 5. The van der Waals surface area contributed by atoms with Crippen molar-refractivity contribution in [1.82, 2.24) is 24.5 Å². The molecule has 7 aromatic rings. The zero-order valence-electron chi connectivity index (χ0n) is 27.0. The Morgan fingerprint density at radius 2 is 1.35 bits per heavy atom. The van der Waals surface area contributed by atoms with Crippen LogP contribution < -0.4 is 0 Å². The van der Waals surface area contributed by atoms with Crippen molar-refractivity contribution < 1.29 is 4.74 Å². The van der Waals surface area contributed by atoms with Crippen LogP contribution in [0.25, 0.3) is 34.4 Å². The summed E-state index contributed by atoms with van der Waals surface area (Å²) >= 11 is 0. The van der Waals surface area contributed by atoms with E-state index in [-0.39, 0.29) is 6.23 Å². The fourth-order valence-electron chi connectivity index (χ4n) is 6.91. The summed E-state index contributed by atoms with van der Waals surface area (Å²) in [5.74, 6) is 0.652. The summed E-state index contributed by atoms with van der Waals surface area (Å²) in [6, 6.07) is 46.6. The second kappa shape index (κ2) is 12.9. The predicted octanol–water partition coefficient (Wildman–Crippen LogP) is 9.31. The Kier molecular flexibility index (Phi) is 8.00. The van der Waals surface area contributed by atoms with Crippen molar-refractivity contribution >= 4 is 23.1 Å². The first-order valence-corrected chi connectivity index (χ1v) is 16.7. The average molecular weight is 628 g/mol. The Balaban J connectivity index is 1.27. The van der Waals surface area contributed by atoms with Gasteiger partial charge in [-0.15, -0.1) is 5.10 Å². The molecule has 3 heterocycles. The van der Waals surface area contributed by atoms with E-state index in [1.165, 1.54) is 5.56 Å². The Labute approximate surface area is 281 Å². The smallest absolute Gasteiger partial charge is 0.181 e. The molecule has 0 N–H and O–H groups in total. The van der Waals surface area contributed by atoms with E-state index in [1.54, 1.807) is 0 Å². The maximum absolute atomic E-state index is 6.19. The second-order valence-corrected chi connectivity index (χ2v) is 12.4. The van der Waals surface area contributed by atoms with Gasteiger partial charge in [0.05, 0.1) is 11.2 Å². The fourth-order valence-corrected chi connectivity index (χ4v) is 6.91. The lowest BCUT2D eigenvalue weighted by Gasteiger charge is -2.35. The van der Waals surface area contributed by atoms with E-state index in [2.05, 4.69) is 157 Å². The standard InChI is InChI=1S/C42H37N5O/c1-31-20-22-32(23-21-31)24-26-38-37-29-33(25-27-39(37)47(44-38)40-19-11-12-28-48-40)41-43-30-46(45-41)42(34-13-5-2-6-14-34,35-15-7-3-8-16-35)36-17-9-4-10-18-36/h2-10,13-18,20-27,29-30,40H,11-12,19,28H2,1H3/b26-24+. The molecule has 48 heavy (non-hydrogen) atoms. The van der Waals surface area contributed by atoms with Crippen LogP contribution in [0.2, 0.25) is 0 Å². The Hall–Kier alpha value is -5.59. The van der Waals surface area contributed by atoms with Gasteiger partial charge in [0.1, 0.15) is 11.9 Å². The van der Waals surface area contributed by atoms with Crippen molar-refractivity contribution in [2.24, 2.45) is 0 Å². The summed E-state index contributed by atoms with van der Waals surface area (Å²) in [7, 11) is 0. The maximum atomic E-state index is 6.19. The van der Waals surface area contributed by atoms with Gasteiger partial charge in [0.2, 0.25) is 0 Å². The van der Waals surface area contributed by atoms with Gasteiger partial charge in [-0.25, -0.2) is 14.3 Å². The number of nitrogens with zero attached hydrogens (tertiary/aromatic N) is 5. The van der Waals surface area contributed by atoms with Gasteiger partial charge in [-0.05, 0) is 72.7 Å². The molecule has 1 unspecified atom stereocenters. The van der Waals surface area contributed by atoms with Gasteiger partial charge in [0.15, 0.2) is 12.1 Å². The largest absolute Gasteiger partial charge is 0.356 e. The van der Waals surface area contributed by atoms with E-state index in [0.29, 0.717) is 5.82 Å². The van der Waals surface area contributed by atoms with E-state index in [4.69, 9.17) is 19.9 Å². The minimum atomic E-state index is -0.732. The molecule has 5 aromatic carbocycles. The highest BCUT2D eigenvalue weighted by atomic mass is 16.5. The van der Waals surface area contributed by atoms with Gasteiger partial charge in [-0.3, -0.25) is 0 Å². The number of benzene rings is 5. The third-order valence-corrected chi connectivity index (χ3v) is 9.34. The van der Waals surface area contributed by atoms with Crippen molar-refractivity contribution in [3.63, 3.8) is 0 Å². The molecule has 1 fully saturated rings. The molecular weight excluding hydrogens is 590 g/mol. The van der Waals surface area contributed by atoms with Crippen LogP contribution in [-0.4, -0.2) is 31.2 Å². The molecule has 1 aliphatic heterocycles. The second-order valence-electron chi connectivity index (χ2n) is 12.4. The number of rotatable bonds is 8. The number of fused-ring (bicyclic) bond motifs is 1. The third-order valence-electron chi connectivity index (χ3n) is 9.34. The topological polar surface area (TPSA) is 57.8 Å². The first-order valence-electron chi connectivity index (χ1n) is 16.7. The first-order chi connectivity index (χ1) is 23.7. The summed E-state index contributed by atoms with van der Waals surface area (Å²) in [6.07, 6.45) is 9.19. The quantitative estimate of drug-likeness (QED) is 0.158. The van der Waals surface area contributed by atoms with Crippen LogP contribution in [0.4, 0.5) is 0 Å². The van der Waals surface area contributed by atoms with Crippen molar-refractivity contribution in [2.75, 3.05) is 6.61 Å². The SMILES string of the molecule is Cc1ccc(/C=C/c2nn(C3CCCCO3)c3ccc(-c4ncn(C(c5ccccc5)(c5ccccc5)c5ccccc5)n4)cc23)cc1. The molecule has 0 aliphatic carbocycles. The molecule has 0 bridgehead atoms. The Morgan fingerprint density at radius 1 is 0.708 bits per heavy atom. The zero-order chi connectivity index (χ0) is 32.3. The minimum Gasteiger partial charge on any atom is -0.356 e. The highest BCUT2D eigenvalue weighted by Crippen LogP contribution is 2.41. The average Bonchev–Trinajstić information content (AvgIpc) is 3.79. The lowest BCUT2D eigenvalue weighted by atomic mass is 9.77. The van der Waals surface area contributed by atoms with E-state index in [9.17, 15) is 0 Å². The molecule has 1 saturated heterocycles. The number of ether oxygens (including phenoxy) is 1. The lowest BCUT2D eigenvalue weighted by Crippen LogP contribution is -2.38. The summed E-state index contributed by atoms with van der Waals surface area (Å²) in [5.41, 5.74) is 7.82. The van der Waals surface area contributed by atoms with E-state index in [0.717, 1.165) is 70.3 Å². The zero-order valence-corrected chi connectivity index (χ0v) is 27.0. The molecule has 0 amide bonds. The van der Waals surface area contributed by atoms with E-state index in [1.807, 2.05) is 11.0 Å². The molecule has 0 radical (unpaired) electrons. The van der Waals surface area contributed by atoms with Crippen LogP contribution in [0.15, 0.2) is 140 Å². The van der Waals surface area contributed by atoms with Crippen LogP contribution in [0.5, 0.6) is 0 Å². The highest BCUT2D eigenvalue weighted by molar-refractivity contribution is 5.92.